The van der Waals surface area contributed by atoms with Gasteiger partial charge in [0.2, 0.25) is 0 Å². The molecule has 0 bridgehead atoms. The Bertz CT molecular complexity index is 507. The van der Waals surface area contributed by atoms with Gasteiger partial charge in [0.05, 0.1) is 31.5 Å². The van der Waals surface area contributed by atoms with Gasteiger partial charge in [-0.2, -0.15) is 0 Å². The Hall–Kier alpha value is -1.91. The van der Waals surface area contributed by atoms with E-state index in [-0.39, 0.29) is 6.10 Å². The van der Waals surface area contributed by atoms with E-state index in [1.165, 1.54) is 0 Å². The minimum atomic E-state index is -0.430. The smallest absolute Gasteiger partial charge is 0.336 e. The Balaban J connectivity index is 1.82. The summed E-state index contributed by atoms with van der Waals surface area (Å²) in [5, 5.41) is 0. The van der Waals surface area contributed by atoms with Crippen molar-refractivity contribution in [3.05, 3.63) is 60.2 Å². The van der Waals surface area contributed by atoms with Crippen molar-refractivity contribution in [1.29, 1.82) is 0 Å². The summed E-state index contributed by atoms with van der Waals surface area (Å²) in [6.45, 7) is 6.74. The molecule has 0 aromatic heterocycles. The van der Waals surface area contributed by atoms with Gasteiger partial charge in [0, 0.05) is 0 Å². The monoisotopic (exact) mass is 288 g/mol. The summed E-state index contributed by atoms with van der Waals surface area (Å²) in [6, 6.07) is 9.95. The Morgan fingerprint density at radius 1 is 1.33 bits per heavy atom. The van der Waals surface area contributed by atoms with Gasteiger partial charge in [-0.3, -0.25) is 0 Å². The number of rotatable bonds is 6. The van der Waals surface area contributed by atoms with Crippen LogP contribution in [0.15, 0.2) is 54.6 Å². The lowest BCUT2D eigenvalue weighted by Gasteiger charge is -2.24. The summed E-state index contributed by atoms with van der Waals surface area (Å²) in [5.41, 5.74) is 1.43. The lowest BCUT2D eigenvalue weighted by Crippen LogP contribution is -2.30. The van der Waals surface area contributed by atoms with Crippen LogP contribution in [-0.2, 0) is 25.6 Å². The number of hydrogen-bond donors (Lipinski definition) is 0. The molecule has 4 heteroatoms. The standard InChI is InChI=1S/C17H20O4/c1-3-19-17(18)13(2)16-10-9-15(12-21-16)20-11-14-7-5-4-6-8-14/h4-10,15-16H,2-3,11-12H2,1H3/t15-,16-/m0/s1. The van der Waals surface area contributed by atoms with Crippen molar-refractivity contribution < 1.29 is 19.0 Å². The van der Waals surface area contributed by atoms with E-state index in [0.29, 0.717) is 25.4 Å². The molecule has 0 fully saturated rings. The zero-order valence-corrected chi connectivity index (χ0v) is 12.2. The van der Waals surface area contributed by atoms with Crippen LogP contribution in [0.3, 0.4) is 0 Å². The van der Waals surface area contributed by atoms with Crippen molar-refractivity contribution in [2.75, 3.05) is 13.2 Å². The number of esters is 1. The maximum atomic E-state index is 11.6. The van der Waals surface area contributed by atoms with Crippen LogP contribution in [0.1, 0.15) is 12.5 Å². The molecule has 0 radical (unpaired) electrons. The molecule has 0 spiro atoms. The van der Waals surface area contributed by atoms with Crippen molar-refractivity contribution in [2.24, 2.45) is 0 Å². The average molecular weight is 288 g/mol. The number of carbonyl (C=O) groups excluding carboxylic acids is 1. The van der Waals surface area contributed by atoms with Crippen LogP contribution in [0.4, 0.5) is 0 Å². The fraction of sp³-hybridized carbons (Fsp3) is 0.353. The van der Waals surface area contributed by atoms with Gasteiger partial charge in [-0.05, 0) is 12.5 Å². The molecule has 0 amide bonds. The first-order chi connectivity index (χ1) is 10.2. The first kappa shape index (κ1) is 15.5. The van der Waals surface area contributed by atoms with E-state index in [1.807, 2.05) is 36.4 Å². The fourth-order valence-electron chi connectivity index (χ4n) is 1.97. The van der Waals surface area contributed by atoms with Gasteiger partial charge in [0.15, 0.2) is 0 Å². The highest BCUT2D eigenvalue weighted by Crippen LogP contribution is 2.16. The number of carbonyl (C=O) groups is 1. The summed E-state index contributed by atoms with van der Waals surface area (Å²) in [5.74, 6) is -0.421. The molecule has 2 rings (SSSR count). The zero-order chi connectivity index (χ0) is 15.1. The molecule has 1 aromatic carbocycles. The molecule has 2 atom stereocenters. The predicted octanol–water partition coefficient (Wildman–Crippen LogP) is 2.65. The molecule has 1 aliphatic rings. The summed E-state index contributed by atoms with van der Waals surface area (Å²) < 4.78 is 16.2. The maximum Gasteiger partial charge on any atom is 0.336 e. The third-order valence-corrected chi connectivity index (χ3v) is 3.13. The van der Waals surface area contributed by atoms with Gasteiger partial charge in [-0.15, -0.1) is 0 Å². The van der Waals surface area contributed by atoms with Gasteiger partial charge in [0.25, 0.3) is 0 Å². The second-order valence-electron chi connectivity index (χ2n) is 4.72. The molecule has 4 nitrogen and oxygen atoms in total. The molecule has 0 saturated carbocycles. The molecule has 0 saturated heterocycles. The van der Waals surface area contributed by atoms with E-state index in [4.69, 9.17) is 14.2 Å². The third-order valence-electron chi connectivity index (χ3n) is 3.13. The van der Waals surface area contributed by atoms with Gasteiger partial charge in [-0.1, -0.05) is 49.1 Å². The molecular weight excluding hydrogens is 268 g/mol. The second-order valence-corrected chi connectivity index (χ2v) is 4.72. The molecule has 1 aromatic rings. The maximum absolute atomic E-state index is 11.6. The Labute approximate surface area is 125 Å². The molecule has 1 aliphatic heterocycles. The molecule has 0 N–H and O–H groups in total. The first-order valence-corrected chi connectivity index (χ1v) is 7.02. The molecule has 21 heavy (non-hydrogen) atoms. The molecule has 0 aliphatic carbocycles. The number of hydrogen-bond acceptors (Lipinski definition) is 4. The van der Waals surface area contributed by atoms with E-state index in [1.54, 1.807) is 13.0 Å². The van der Waals surface area contributed by atoms with Gasteiger partial charge in [-0.25, -0.2) is 4.79 Å². The lowest BCUT2D eigenvalue weighted by atomic mass is 10.1. The van der Waals surface area contributed by atoms with Crippen LogP contribution in [0.2, 0.25) is 0 Å². The van der Waals surface area contributed by atoms with E-state index >= 15 is 0 Å². The topological polar surface area (TPSA) is 44.8 Å². The molecule has 0 unspecified atom stereocenters. The van der Waals surface area contributed by atoms with Crippen molar-refractivity contribution in [1.82, 2.24) is 0 Å². The van der Waals surface area contributed by atoms with E-state index in [0.717, 1.165) is 5.56 Å². The minimum Gasteiger partial charge on any atom is -0.463 e. The highest BCUT2D eigenvalue weighted by atomic mass is 16.5. The van der Waals surface area contributed by atoms with Crippen LogP contribution in [0.5, 0.6) is 0 Å². The summed E-state index contributed by atoms with van der Waals surface area (Å²) in [7, 11) is 0. The third kappa shape index (κ3) is 4.55. The van der Waals surface area contributed by atoms with Crippen molar-refractivity contribution in [3.63, 3.8) is 0 Å². The highest BCUT2D eigenvalue weighted by Gasteiger charge is 2.23. The predicted molar refractivity (Wildman–Crippen MR) is 79.7 cm³/mol. The van der Waals surface area contributed by atoms with Crippen LogP contribution in [0.25, 0.3) is 0 Å². The summed E-state index contributed by atoms with van der Waals surface area (Å²) in [6.07, 6.45) is 3.15. The van der Waals surface area contributed by atoms with Gasteiger partial charge >= 0.3 is 5.97 Å². The normalized spacial score (nSPS) is 21.0. The van der Waals surface area contributed by atoms with E-state index < -0.39 is 12.1 Å². The van der Waals surface area contributed by atoms with Gasteiger partial charge in [0.1, 0.15) is 6.10 Å². The van der Waals surface area contributed by atoms with Crippen molar-refractivity contribution >= 4 is 5.97 Å². The van der Waals surface area contributed by atoms with Crippen molar-refractivity contribution in [3.8, 4) is 0 Å². The second kappa shape index (κ2) is 7.76. The average Bonchev–Trinajstić information content (AvgIpc) is 2.54. The molecular formula is C17H20O4. The first-order valence-electron chi connectivity index (χ1n) is 7.02. The fourth-order valence-corrected chi connectivity index (χ4v) is 1.97. The largest absolute Gasteiger partial charge is 0.463 e. The van der Waals surface area contributed by atoms with Crippen LogP contribution < -0.4 is 0 Å². The summed E-state index contributed by atoms with van der Waals surface area (Å²) in [4.78, 5) is 11.6. The molecule has 1 heterocycles. The zero-order valence-electron chi connectivity index (χ0n) is 12.2. The van der Waals surface area contributed by atoms with E-state index in [2.05, 4.69) is 6.58 Å². The Morgan fingerprint density at radius 2 is 2.10 bits per heavy atom. The van der Waals surface area contributed by atoms with Gasteiger partial charge < -0.3 is 14.2 Å². The highest BCUT2D eigenvalue weighted by molar-refractivity contribution is 5.89. The van der Waals surface area contributed by atoms with Crippen LogP contribution in [0, 0.1) is 0 Å². The minimum absolute atomic E-state index is 0.114. The quantitative estimate of drug-likeness (QED) is 0.458. The van der Waals surface area contributed by atoms with E-state index in [9.17, 15) is 4.79 Å². The summed E-state index contributed by atoms with van der Waals surface area (Å²) >= 11 is 0. The van der Waals surface area contributed by atoms with Crippen LogP contribution >= 0.6 is 0 Å². The Kier molecular flexibility index (Phi) is 5.72. The lowest BCUT2D eigenvalue weighted by molar-refractivity contribution is -0.140. The SMILES string of the molecule is C=C(C(=O)OCC)[C@@H]1C=C[C@H](OCc2ccccc2)CO1. The number of benzene rings is 1. The Morgan fingerprint density at radius 3 is 2.71 bits per heavy atom. The van der Waals surface area contributed by atoms with Crippen LogP contribution in [-0.4, -0.2) is 31.4 Å². The van der Waals surface area contributed by atoms with Crippen molar-refractivity contribution in [2.45, 2.75) is 25.7 Å². The number of ether oxygens (including phenoxy) is 3. The molecule has 112 valence electrons.